The maximum absolute atomic E-state index is 11.6. The van der Waals surface area contributed by atoms with Gasteiger partial charge in [-0.25, -0.2) is 0 Å². The number of piperazine rings is 1. The Morgan fingerprint density at radius 1 is 1.11 bits per heavy atom. The van der Waals surface area contributed by atoms with Gasteiger partial charge in [0.15, 0.2) is 0 Å². The van der Waals surface area contributed by atoms with Crippen LogP contribution in [0.1, 0.15) is 27.2 Å². The van der Waals surface area contributed by atoms with E-state index >= 15 is 0 Å². The molecule has 1 aliphatic rings. The van der Waals surface area contributed by atoms with Crippen molar-refractivity contribution in [1.29, 1.82) is 0 Å². The van der Waals surface area contributed by atoms with Crippen LogP contribution in [0.25, 0.3) is 0 Å². The third-order valence-corrected chi connectivity index (χ3v) is 3.58. The van der Waals surface area contributed by atoms with Crippen LogP contribution in [0.5, 0.6) is 0 Å². The predicted molar refractivity (Wildman–Crippen MR) is 71.2 cm³/mol. The largest absolute Gasteiger partial charge is 0.304 e. The van der Waals surface area contributed by atoms with Gasteiger partial charge in [0.05, 0.1) is 6.04 Å². The molecule has 1 unspecified atom stereocenters. The van der Waals surface area contributed by atoms with E-state index in [-0.39, 0.29) is 17.9 Å². The lowest BCUT2D eigenvalue weighted by Crippen LogP contribution is -2.52. The molecule has 0 saturated carbocycles. The Bertz CT molecular complexity index is 285. The average molecular weight is 255 g/mol. The van der Waals surface area contributed by atoms with Crippen molar-refractivity contribution < 1.29 is 9.59 Å². The van der Waals surface area contributed by atoms with Crippen molar-refractivity contribution in [3.63, 3.8) is 0 Å². The molecular weight excluding hydrogens is 230 g/mol. The van der Waals surface area contributed by atoms with Gasteiger partial charge in [0, 0.05) is 46.6 Å². The summed E-state index contributed by atoms with van der Waals surface area (Å²) in [6, 6.07) is 0.00315. The first-order chi connectivity index (χ1) is 8.45. The van der Waals surface area contributed by atoms with Crippen LogP contribution >= 0.6 is 0 Å². The second kappa shape index (κ2) is 6.85. The summed E-state index contributed by atoms with van der Waals surface area (Å²) in [6.45, 7) is 9.88. The molecule has 0 N–H and O–H groups in total. The molecule has 1 aliphatic heterocycles. The van der Waals surface area contributed by atoms with Gasteiger partial charge in [0.1, 0.15) is 0 Å². The van der Waals surface area contributed by atoms with Crippen LogP contribution in [0.15, 0.2) is 0 Å². The standard InChI is InChI=1S/C13H25N3O2/c1-5-13(16(11(2)17)12(3)18)10-15-8-6-14(4)7-9-15/h13H,5-10H2,1-4H3. The van der Waals surface area contributed by atoms with Gasteiger partial charge >= 0.3 is 0 Å². The van der Waals surface area contributed by atoms with Crippen molar-refractivity contribution >= 4 is 11.8 Å². The molecule has 0 aliphatic carbocycles. The van der Waals surface area contributed by atoms with Crippen molar-refractivity contribution in [3.05, 3.63) is 0 Å². The van der Waals surface area contributed by atoms with E-state index in [1.165, 1.54) is 18.7 Å². The molecule has 5 nitrogen and oxygen atoms in total. The zero-order chi connectivity index (χ0) is 13.7. The lowest BCUT2D eigenvalue weighted by atomic mass is 10.1. The van der Waals surface area contributed by atoms with Crippen molar-refractivity contribution in [3.8, 4) is 0 Å². The molecule has 0 spiro atoms. The molecule has 5 heteroatoms. The fraction of sp³-hybridized carbons (Fsp3) is 0.846. The molecule has 0 bridgehead atoms. The quantitative estimate of drug-likeness (QED) is 0.730. The van der Waals surface area contributed by atoms with Gasteiger partial charge in [0.25, 0.3) is 0 Å². The zero-order valence-corrected chi connectivity index (χ0v) is 12.0. The molecule has 2 amide bonds. The molecule has 0 radical (unpaired) electrons. The second-order valence-corrected chi connectivity index (χ2v) is 5.07. The number of hydrogen-bond acceptors (Lipinski definition) is 4. The molecule has 0 aromatic heterocycles. The Labute approximate surface area is 110 Å². The Hall–Kier alpha value is -0.940. The van der Waals surface area contributed by atoms with Gasteiger partial charge in [-0.15, -0.1) is 0 Å². The minimum Gasteiger partial charge on any atom is -0.304 e. The SMILES string of the molecule is CCC(CN1CCN(C)CC1)N(C(C)=O)C(C)=O. The van der Waals surface area contributed by atoms with Crippen LogP contribution in [-0.4, -0.2) is 72.3 Å². The first-order valence-corrected chi connectivity index (χ1v) is 6.67. The number of rotatable bonds is 4. The number of likely N-dealkylation sites (N-methyl/N-ethyl adjacent to an activating group) is 1. The van der Waals surface area contributed by atoms with E-state index in [2.05, 4.69) is 16.8 Å². The first kappa shape index (κ1) is 15.1. The van der Waals surface area contributed by atoms with E-state index in [4.69, 9.17) is 0 Å². The molecule has 18 heavy (non-hydrogen) atoms. The fourth-order valence-electron chi connectivity index (χ4n) is 2.46. The third-order valence-electron chi connectivity index (χ3n) is 3.58. The Balaban J connectivity index is 2.60. The minimum atomic E-state index is -0.150. The monoisotopic (exact) mass is 255 g/mol. The van der Waals surface area contributed by atoms with E-state index < -0.39 is 0 Å². The Morgan fingerprint density at radius 3 is 2.00 bits per heavy atom. The van der Waals surface area contributed by atoms with Crippen LogP contribution in [-0.2, 0) is 9.59 Å². The van der Waals surface area contributed by atoms with Crippen molar-refractivity contribution in [2.24, 2.45) is 0 Å². The molecular formula is C13H25N3O2. The molecule has 0 aromatic carbocycles. The van der Waals surface area contributed by atoms with Crippen molar-refractivity contribution in [2.75, 3.05) is 39.8 Å². The average Bonchev–Trinajstić information content (AvgIpc) is 2.30. The molecule has 104 valence electrons. The van der Waals surface area contributed by atoms with E-state index in [1.807, 2.05) is 6.92 Å². The van der Waals surface area contributed by atoms with Crippen LogP contribution in [0.3, 0.4) is 0 Å². The number of carbonyl (C=O) groups excluding carboxylic acids is 2. The summed E-state index contributed by atoms with van der Waals surface area (Å²) < 4.78 is 0. The Kier molecular flexibility index (Phi) is 5.75. The number of nitrogens with zero attached hydrogens (tertiary/aromatic N) is 3. The number of imide groups is 1. The smallest absolute Gasteiger partial charge is 0.226 e. The third kappa shape index (κ3) is 4.07. The van der Waals surface area contributed by atoms with Crippen molar-refractivity contribution in [2.45, 2.75) is 33.2 Å². The van der Waals surface area contributed by atoms with E-state index in [1.54, 1.807) is 0 Å². The normalized spacial score (nSPS) is 19.6. The number of amides is 2. The van der Waals surface area contributed by atoms with Crippen LogP contribution in [0, 0.1) is 0 Å². The van der Waals surface area contributed by atoms with Gasteiger partial charge in [-0.2, -0.15) is 0 Å². The molecule has 1 fully saturated rings. The van der Waals surface area contributed by atoms with Gasteiger partial charge < -0.3 is 4.90 Å². The van der Waals surface area contributed by atoms with E-state index in [0.717, 1.165) is 39.1 Å². The van der Waals surface area contributed by atoms with Gasteiger partial charge in [0.2, 0.25) is 11.8 Å². The first-order valence-electron chi connectivity index (χ1n) is 6.67. The second-order valence-electron chi connectivity index (χ2n) is 5.07. The fourth-order valence-corrected chi connectivity index (χ4v) is 2.46. The summed E-state index contributed by atoms with van der Waals surface area (Å²) in [7, 11) is 2.12. The topological polar surface area (TPSA) is 43.9 Å². The zero-order valence-electron chi connectivity index (χ0n) is 12.0. The number of carbonyl (C=O) groups is 2. The maximum Gasteiger partial charge on any atom is 0.226 e. The summed E-state index contributed by atoms with van der Waals surface area (Å²) in [5.41, 5.74) is 0. The van der Waals surface area contributed by atoms with Gasteiger partial charge in [-0.3, -0.25) is 19.4 Å². The predicted octanol–water partition coefficient (Wildman–Crippen LogP) is 0.407. The molecule has 0 aromatic rings. The summed E-state index contributed by atoms with van der Waals surface area (Å²) in [5, 5.41) is 0. The Morgan fingerprint density at radius 2 is 1.61 bits per heavy atom. The van der Waals surface area contributed by atoms with E-state index in [9.17, 15) is 9.59 Å². The molecule has 1 rings (SSSR count). The van der Waals surface area contributed by atoms with Crippen LogP contribution in [0.2, 0.25) is 0 Å². The highest BCUT2D eigenvalue weighted by Gasteiger charge is 2.26. The summed E-state index contributed by atoms with van der Waals surface area (Å²) in [5.74, 6) is -0.299. The highest BCUT2D eigenvalue weighted by atomic mass is 16.2. The summed E-state index contributed by atoms with van der Waals surface area (Å²) >= 11 is 0. The molecule has 1 heterocycles. The highest BCUT2D eigenvalue weighted by Crippen LogP contribution is 2.10. The highest BCUT2D eigenvalue weighted by molar-refractivity contribution is 5.93. The van der Waals surface area contributed by atoms with Gasteiger partial charge in [-0.1, -0.05) is 6.92 Å². The molecule has 1 saturated heterocycles. The maximum atomic E-state index is 11.6. The van der Waals surface area contributed by atoms with Crippen LogP contribution in [0.4, 0.5) is 0 Å². The number of hydrogen-bond donors (Lipinski definition) is 0. The lowest BCUT2D eigenvalue weighted by molar-refractivity contribution is -0.145. The lowest BCUT2D eigenvalue weighted by Gasteiger charge is -2.37. The van der Waals surface area contributed by atoms with Crippen LogP contribution < -0.4 is 0 Å². The van der Waals surface area contributed by atoms with E-state index in [0.29, 0.717) is 0 Å². The van der Waals surface area contributed by atoms with Crippen molar-refractivity contribution in [1.82, 2.24) is 14.7 Å². The van der Waals surface area contributed by atoms with Gasteiger partial charge in [-0.05, 0) is 13.5 Å². The summed E-state index contributed by atoms with van der Waals surface area (Å²) in [6.07, 6.45) is 0.811. The summed E-state index contributed by atoms with van der Waals surface area (Å²) in [4.78, 5) is 29.2. The minimum absolute atomic E-state index is 0.00315. The molecule has 1 atom stereocenters.